The molecule has 0 aliphatic rings. The Kier molecular flexibility index (Phi) is 6.09. The summed E-state index contributed by atoms with van der Waals surface area (Å²) in [7, 11) is 0. The van der Waals surface area contributed by atoms with Crippen molar-refractivity contribution in [2.75, 3.05) is 6.61 Å². The lowest BCUT2D eigenvalue weighted by Crippen LogP contribution is -2.28. The highest BCUT2D eigenvalue weighted by Crippen LogP contribution is 2.13. The predicted octanol–water partition coefficient (Wildman–Crippen LogP) is 0.603. The summed E-state index contributed by atoms with van der Waals surface area (Å²) in [4.78, 5) is 11.3. The minimum atomic E-state index is -1.01. The van der Waals surface area contributed by atoms with Gasteiger partial charge >= 0.3 is 5.97 Å². The molecule has 17 heavy (non-hydrogen) atoms. The Bertz CT molecular complexity index is 236. The van der Waals surface area contributed by atoms with Crippen LogP contribution in [0.1, 0.15) is 47.0 Å². The number of hydrogen-bond donors (Lipinski definition) is 3. The van der Waals surface area contributed by atoms with Gasteiger partial charge in [0, 0.05) is 12.8 Å². The number of aliphatic hydroxyl groups is 3. The van der Waals surface area contributed by atoms with Crippen molar-refractivity contribution in [1.29, 1.82) is 0 Å². The predicted molar refractivity (Wildman–Crippen MR) is 63.4 cm³/mol. The number of aliphatic hydroxyl groups excluding tert-OH is 1. The summed E-state index contributed by atoms with van der Waals surface area (Å²) in [5.74, 6) is -0.522. The van der Waals surface area contributed by atoms with Gasteiger partial charge in [-0.05, 0) is 27.7 Å². The highest BCUT2D eigenvalue weighted by atomic mass is 16.5. The van der Waals surface area contributed by atoms with E-state index in [4.69, 9.17) is 4.74 Å². The smallest absolute Gasteiger partial charge is 0.308 e. The van der Waals surface area contributed by atoms with E-state index in [0.717, 1.165) is 0 Å². The van der Waals surface area contributed by atoms with E-state index in [1.807, 2.05) is 0 Å². The normalized spacial score (nSPS) is 14.5. The molecule has 0 fully saturated rings. The van der Waals surface area contributed by atoms with Crippen LogP contribution in [0.2, 0.25) is 0 Å². The van der Waals surface area contributed by atoms with E-state index in [2.05, 4.69) is 0 Å². The van der Waals surface area contributed by atoms with Gasteiger partial charge in [0.25, 0.3) is 0 Å². The Morgan fingerprint density at radius 1 is 1.18 bits per heavy atom. The van der Waals surface area contributed by atoms with Crippen molar-refractivity contribution in [3.05, 3.63) is 0 Å². The van der Waals surface area contributed by atoms with Crippen molar-refractivity contribution < 1.29 is 24.9 Å². The van der Waals surface area contributed by atoms with Crippen molar-refractivity contribution in [3.63, 3.8) is 0 Å². The second-order valence-electron chi connectivity index (χ2n) is 5.66. The zero-order valence-electron chi connectivity index (χ0n) is 11.1. The zero-order valence-corrected chi connectivity index (χ0v) is 11.1. The van der Waals surface area contributed by atoms with Crippen molar-refractivity contribution >= 4 is 5.97 Å². The third-order valence-electron chi connectivity index (χ3n) is 2.11. The molecular weight excluding hydrogens is 224 g/mol. The van der Waals surface area contributed by atoms with E-state index in [1.165, 1.54) is 0 Å². The van der Waals surface area contributed by atoms with Gasteiger partial charge in [0.1, 0.15) is 0 Å². The van der Waals surface area contributed by atoms with E-state index in [-0.39, 0.29) is 19.4 Å². The molecule has 0 aromatic carbocycles. The molecule has 0 aromatic rings. The number of hydrogen-bond acceptors (Lipinski definition) is 5. The van der Waals surface area contributed by atoms with Crippen LogP contribution >= 0.6 is 0 Å². The Labute approximate surface area is 102 Å². The molecule has 3 N–H and O–H groups in total. The van der Waals surface area contributed by atoms with Crippen LogP contribution in [0.3, 0.4) is 0 Å². The molecule has 0 heterocycles. The molecule has 0 aromatic heterocycles. The monoisotopic (exact) mass is 248 g/mol. The van der Waals surface area contributed by atoms with Gasteiger partial charge in [-0.2, -0.15) is 0 Å². The van der Waals surface area contributed by atoms with Crippen LogP contribution in [-0.4, -0.2) is 45.2 Å². The molecule has 0 radical (unpaired) electrons. The molecule has 0 aliphatic carbocycles. The fourth-order valence-electron chi connectivity index (χ4n) is 1.31. The first-order valence-electron chi connectivity index (χ1n) is 5.78. The minimum absolute atomic E-state index is 0.119. The summed E-state index contributed by atoms with van der Waals surface area (Å²) in [5.41, 5.74) is -1.88. The lowest BCUT2D eigenvalue weighted by molar-refractivity contribution is -0.147. The average Bonchev–Trinajstić information content (AvgIpc) is 1.96. The van der Waals surface area contributed by atoms with Crippen LogP contribution in [0.5, 0.6) is 0 Å². The van der Waals surface area contributed by atoms with Crippen LogP contribution in [-0.2, 0) is 9.53 Å². The fraction of sp³-hybridized carbons (Fsp3) is 0.917. The van der Waals surface area contributed by atoms with E-state index in [9.17, 15) is 20.1 Å². The van der Waals surface area contributed by atoms with Crippen molar-refractivity contribution in [3.8, 4) is 0 Å². The van der Waals surface area contributed by atoms with Crippen molar-refractivity contribution in [1.82, 2.24) is 0 Å². The molecule has 102 valence electrons. The lowest BCUT2D eigenvalue weighted by atomic mass is 9.99. The van der Waals surface area contributed by atoms with Gasteiger partial charge < -0.3 is 20.1 Å². The summed E-state index contributed by atoms with van der Waals surface area (Å²) >= 11 is 0. The van der Waals surface area contributed by atoms with Gasteiger partial charge in [-0.25, -0.2) is 0 Å². The highest BCUT2D eigenvalue weighted by Gasteiger charge is 2.21. The van der Waals surface area contributed by atoms with E-state index < -0.39 is 23.3 Å². The van der Waals surface area contributed by atoms with Crippen LogP contribution in [0.15, 0.2) is 0 Å². The van der Waals surface area contributed by atoms with Gasteiger partial charge in [-0.3, -0.25) is 4.79 Å². The first kappa shape index (κ1) is 16.4. The molecule has 1 atom stereocenters. The number of esters is 1. The van der Waals surface area contributed by atoms with E-state index in [1.54, 1.807) is 27.7 Å². The van der Waals surface area contributed by atoms with Gasteiger partial charge in [-0.15, -0.1) is 0 Å². The van der Waals surface area contributed by atoms with Crippen LogP contribution < -0.4 is 0 Å². The number of ether oxygens (including phenoxy) is 1. The second-order valence-corrected chi connectivity index (χ2v) is 5.66. The van der Waals surface area contributed by atoms with Crippen molar-refractivity contribution in [2.24, 2.45) is 0 Å². The van der Waals surface area contributed by atoms with E-state index in [0.29, 0.717) is 6.42 Å². The minimum Gasteiger partial charge on any atom is -0.465 e. The summed E-state index contributed by atoms with van der Waals surface area (Å²) in [6.07, 6.45) is -0.589. The highest BCUT2D eigenvalue weighted by molar-refractivity contribution is 5.69. The second kappa shape index (κ2) is 6.33. The molecule has 1 unspecified atom stereocenters. The number of carbonyl (C=O) groups excluding carboxylic acids is 1. The zero-order chi connectivity index (χ0) is 13.7. The first-order chi connectivity index (χ1) is 7.49. The maximum absolute atomic E-state index is 11.3. The Morgan fingerprint density at radius 2 is 1.71 bits per heavy atom. The SMILES string of the molecule is CC(C)(O)CCOC(=O)CC(O)CC(C)(C)O. The third kappa shape index (κ3) is 11.6. The lowest BCUT2D eigenvalue weighted by Gasteiger charge is -2.21. The Balaban J connectivity index is 3.80. The Morgan fingerprint density at radius 3 is 2.12 bits per heavy atom. The summed E-state index contributed by atoms with van der Waals surface area (Å²) in [5, 5.41) is 28.3. The van der Waals surface area contributed by atoms with Gasteiger partial charge in [-0.1, -0.05) is 0 Å². The fourth-order valence-corrected chi connectivity index (χ4v) is 1.31. The molecule has 0 spiro atoms. The molecule has 0 rings (SSSR count). The standard InChI is InChI=1S/C12H24O5/c1-11(2,15)5-6-17-10(14)7-9(13)8-12(3,4)16/h9,13,15-16H,5-8H2,1-4H3. The summed E-state index contributed by atoms with van der Waals surface area (Å²) in [6, 6.07) is 0. The van der Waals surface area contributed by atoms with Gasteiger partial charge in [0.15, 0.2) is 0 Å². The maximum atomic E-state index is 11.3. The molecule has 0 saturated carbocycles. The summed E-state index contributed by atoms with van der Waals surface area (Å²) < 4.78 is 4.86. The maximum Gasteiger partial charge on any atom is 0.308 e. The molecule has 0 aliphatic heterocycles. The average molecular weight is 248 g/mol. The number of carbonyl (C=O) groups is 1. The van der Waals surface area contributed by atoms with E-state index >= 15 is 0 Å². The van der Waals surface area contributed by atoms with Crippen LogP contribution in [0.25, 0.3) is 0 Å². The molecule has 5 heteroatoms. The van der Waals surface area contributed by atoms with Crippen LogP contribution in [0, 0.1) is 0 Å². The first-order valence-corrected chi connectivity index (χ1v) is 5.78. The largest absolute Gasteiger partial charge is 0.465 e. The topological polar surface area (TPSA) is 87.0 Å². The third-order valence-corrected chi connectivity index (χ3v) is 2.11. The van der Waals surface area contributed by atoms with Gasteiger partial charge in [0.05, 0.1) is 30.3 Å². The number of rotatable bonds is 7. The Hall–Kier alpha value is -0.650. The molecule has 0 amide bonds. The molecular formula is C12H24O5. The molecule has 0 saturated heterocycles. The van der Waals surface area contributed by atoms with Crippen molar-refractivity contribution in [2.45, 2.75) is 64.3 Å². The van der Waals surface area contributed by atoms with Gasteiger partial charge in [0.2, 0.25) is 0 Å². The molecule has 0 bridgehead atoms. The summed E-state index contributed by atoms with van der Waals surface area (Å²) in [6.45, 7) is 6.51. The molecule has 5 nitrogen and oxygen atoms in total. The van der Waals surface area contributed by atoms with Crippen LogP contribution in [0.4, 0.5) is 0 Å². The quantitative estimate of drug-likeness (QED) is 0.574.